The number of β-amino-alcohol motifs (C(OH)–C–C–N with tert-alkyl or cyclic N) is 1. The minimum absolute atomic E-state index is 0.125. The Morgan fingerprint density at radius 1 is 0.900 bits per heavy atom. The molecule has 3 aromatic carbocycles. The molecule has 6 rings (SSSR count). The van der Waals surface area contributed by atoms with Crippen LogP contribution in [0.5, 0.6) is 5.75 Å². The number of aromatic nitrogens is 2. The predicted octanol–water partition coefficient (Wildman–Crippen LogP) is 4.63. The Hall–Kier alpha value is -3.94. The van der Waals surface area contributed by atoms with Crippen molar-refractivity contribution in [2.75, 3.05) is 32.8 Å². The molecule has 1 aromatic heterocycles. The summed E-state index contributed by atoms with van der Waals surface area (Å²) in [6.07, 6.45) is 4.64. The monoisotopic (exact) mass is 536 g/mol. The normalized spacial score (nSPS) is 16.1. The lowest BCUT2D eigenvalue weighted by Crippen LogP contribution is -2.38. The van der Waals surface area contributed by atoms with E-state index in [1.807, 2.05) is 70.4 Å². The maximum Gasteiger partial charge on any atom is 0.253 e. The summed E-state index contributed by atoms with van der Waals surface area (Å²) in [6.45, 7) is 5.05. The lowest BCUT2D eigenvalue weighted by molar-refractivity contribution is 0.0638. The van der Waals surface area contributed by atoms with Crippen LogP contribution >= 0.6 is 0 Å². The molecule has 2 aliphatic rings. The van der Waals surface area contributed by atoms with Gasteiger partial charge in [-0.1, -0.05) is 36.4 Å². The minimum atomic E-state index is -0.548. The number of ether oxygens (including phenoxy) is 1. The molecule has 0 aliphatic carbocycles. The first-order chi connectivity index (χ1) is 19.6. The molecule has 0 radical (unpaired) electrons. The number of benzene rings is 3. The Morgan fingerprint density at radius 2 is 1.65 bits per heavy atom. The number of fused-ring (bicyclic) bond motifs is 1. The van der Waals surface area contributed by atoms with Gasteiger partial charge in [0.2, 0.25) is 0 Å². The zero-order valence-electron chi connectivity index (χ0n) is 22.8. The Bertz CT molecular complexity index is 1420. The van der Waals surface area contributed by atoms with Gasteiger partial charge in [-0.05, 0) is 78.4 Å². The molecule has 0 bridgehead atoms. The molecule has 1 atom stereocenters. The van der Waals surface area contributed by atoms with E-state index >= 15 is 0 Å². The number of nitrogens with zero attached hydrogens (tertiary/aromatic N) is 4. The molecule has 1 fully saturated rings. The van der Waals surface area contributed by atoms with E-state index in [0.717, 1.165) is 73.6 Å². The van der Waals surface area contributed by atoms with E-state index in [0.29, 0.717) is 13.1 Å². The maximum absolute atomic E-state index is 12.6. The zero-order chi connectivity index (χ0) is 27.3. The smallest absolute Gasteiger partial charge is 0.253 e. The number of aliphatic hydroxyl groups excluding tert-OH is 1. The summed E-state index contributed by atoms with van der Waals surface area (Å²) in [5.74, 6) is 0.857. The van der Waals surface area contributed by atoms with Gasteiger partial charge in [0.1, 0.15) is 18.5 Å². The van der Waals surface area contributed by atoms with Crippen LogP contribution in [0.3, 0.4) is 0 Å². The van der Waals surface area contributed by atoms with E-state index in [-0.39, 0.29) is 12.5 Å². The van der Waals surface area contributed by atoms with Gasteiger partial charge in [-0.3, -0.25) is 14.4 Å². The number of amides is 1. The average Bonchev–Trinajstić information content (AvgIpc) is 3.70. The summed E-state index contributed by atoms with van der Waals surface area (Å²) in [7, 11) is 0. The van der Waals surface area contributed by atoms with Gasteiger partial charge in [0.15, 0.2) is 0 Å². The van der Waals surface area contributed by atoms with Crippen molar-refractivity contribution in [3.05, 3.63) is 107 Å². The molecule has 2 aliphatic heterocycles. The van der Waals surface area contributed by atoms with Crippen molar-refractivity contribution in [2.24, 2.45) is 0 Å². The van der Waals surface area contributed by atoms with E-state index in [1.165, 1.54) is 11.1 Å². The molecular weight excluding hydrogens is 500 g/mol. The third kappa shape index (κ3) is 6.27. The molecule has 40 heavy (non-hydrogen) atoms. The van der Waals surface area contributed by atoms with Gasteiger partial charge in [-0.25, -0.2) is 0 Å². The van der Waals surface area contributed by atoms with Gasteiger partial charge in [0.25, 0.3) is 5.91 Å². The highest BCUT2D eigenvalue weighted by molar-refractivity contribution is 5.94. The molecule has 3 heterocycles. The van der Waals surface area contributed by atoms with E-state index < -0.39 is 6.10 Å². The first kappa shape index (κ1) is 26.3. The number of aliphatic hydroxyl groups is 1. The van der Waals surface area contributed by atoms with Gasteiger partial charge < -0.3 is 14.7 Å². The summed E-state index contributed by atoms with van der Waals surface area (Å²) < 4.78 is 7.79. The van der Waals surface area contributed by atoms with Crippen LogP contribution in [0, 0.1) is 0 Å². The van der Waals surface area contributed by atoms with Crippen LogP contribution in [0.2, 0.25) is 0 Å². The molecule has 1 N–H and O–H groups in total. The molecule has 206 valence electrons. The Kier molecular flexibility index (Phi) is 7.93. The molecule has 1 unspecified atom stereocenters. The van der Waals surface area contributed by atoms with Crippen LogP contribution in [-0.4, -0.2) is 69.5 Å². The van der Waals surface area contributed by atoms with E-state index in [1.54, 1.807) is 0 Å². The van der Waals surface area contributed by atoms with Gasteiger partial charge >= 0.3 is 0 Å². The molecule has 4 aromatic rings. The van der Waals surface area contributed by atoms with Crippen LogP contribution < -0.4 is 4.74 Å². The van der Waals surface area contributed by atoms with Crippen LogP contribution in [0.4, 0.5) is 0 Å². The second kappa shape index (κ2) is 12.1. The molecule has 0 spiro atoms. The quantitative estimate of drug-likeness (QED) is 0.338. The summed E-state index contributed by atoms with van der Waals surface area (Å²) in [5.41, 5.74) is 6.50. The predicted molar refractivity (Wildman–Crippen MR) is 155 cm³/mol. The van der Waals surface area contributed by atoms with Gasteiger partial charge in [0.05, 0.1) is 12.2 Å². The largest absolute Gasteiger partial charge is 0.491 e. The topological polar surface area (TPSA) is 70.8 Å². The number of rotatable bonds is 9. The third-order valence-corrected chi connectivity index (χ3v) is 7.85. The fourth-order valence-electron chi connectivity index (χ4n) is 5.62. The van der Waals surface area contributed by atoms with Crippen molar-refractivity contribution in [3.8, 4) is 17.0 Å². The zero-order valence-corrected chi connectivity index (χ0v) is 22.8. The summed E-state index contributed by atoms with van der Waals surface area (Å²) in [4.78, 5) is 16.8. The number of carbonyl (C=O) groups excluding carboxylic acids is 1. The average molecular weight is 537 g/mol. The molecule has 1 saturated heterocycles. The molecule has 7 heteroatoms. The molecule has 1 amide bonds. The number of hydrogen-bond donors (Lipinski definition) is 1. The number of carbonyl (C=O) groups is 1. The molecule has 7 nitrogen and oxygen atoms in total. The first-order valence-corrected chi connectivity index (χ1v) is 14.2. The van der Waals surface area contributed by atoms with Crippen molar-refractivity contribution < 1.29 is 14.6 Å². The summed E-state index contributed by atoms with van der Waals surface area (Å²) in [6, 6.07) is 26.2. The third-order valence-electron chi connectivity index (χ3n) is 7.85. The fourth-order valence-corrected chi connectivity index (χ4v) is 5.62. The second-order valence-corrected chi connectivity index (χ2v) is 10.8. The Labute approximate surface area is 235 Å². The van der Waals surface area contributed by atoms with Crippen LogP contribution in [0.15, 0.2) is 85.1 Å². The van der Waals surface area contributed by atoms with Crippen molar-refractivity contribution in [2.45, 2.75) is 38.5 Å². The van der Waals surface area contributed by atoms with E-state index in [4.69, 9.17) is 9.84 Å². The Morgan fingerprint density at radius 3 is 2.42 bits per heavy atom. The second-order valence-electron chi connectivity index (χ2n) is 10.8. The highest BCUT2D eigenvalue weighted by atomic mass is 16.5. The summed E-state index contributed by atoms with van der Waals surface area (Å²) in [5, 5.41) is 15.3. The van der Waals surface area contributed by atoms with Crippen molar-refractivity contribution in [3.63, 3.8) is 0 Å². The SMILES string of the molecule is O=C(c1ccc(Cn2ccc(-c3ccc(OCC(O)CN4CCc5ccccc5C4)cc3)n2)cc1)N1CCCC1. The van der Waals surface area contributed by atoms with Crippen LogP contribution in [0.25, 0.3) is 11.3 Å². The van der Waals surface area contributed by atoms with Crippen LogP contribution in [-0.2, 0) is 19.5 Å². The van der Waals surface area contributed by atoms with E-state index in [9.17, 15) is 9.90 Å². The molecule has 0 saturated carbocycles. The van der Waals surface area contributed by atoms with E-state index in [2.05, 4.69) is 29.2 Å². The van der Waals surface area contributed by atoms with Crippen molar-refractivity contribution in [1.82, 2.24) is 19.6 Å². The van der Waals surface area contributed by atoms with Gasteiger partial charge in [0, 0.05) is 50.0 Å². The van der Waals surface area contributed by atoms with Gasteiger partial charge in [-0.15, -0.1) is 0 Å². The van der Waals surface area contributed by atoms with Crippen molar-refractivity contribution in [1.29, 1.82) is 0 Å². The first-order valence-electron chi connectivity index (χ1n) is 14.2. The highest BCUT2D eigenvalue weighted by Crippen LogP contribution is 2.22. The van der Waals surface area contributed by atoms with Gasteiger partial charge in [-0.2, -0.15) is 5.10 Å². The highest BCUT2D eigenvalue weighted by Gasteiger charge is 2.20. The lowest BCUT2D eigenvalue weighted by Gasteiger charge is -2.30. The fraction of sp³-hybridized carbons (Fsp3) is 0.333. The van der Waals surface area contributed by atoms with Crippen LogP contribution in [0.1, 0.15) is 39.9 Å². The summed E-state index contributed by atoms with van der Waals surface area (Å²) >= 11 is 0. The van der Waals surface area contributed by atoms with Crippen molar-refractivity contribution >= 4 is 5.91 Å². The Balaban J connectivity index is 0.984. The number of hydrogen-bond acceptors (Lipinski definition) is 5. The number of likely N-dealkylation sites (tertiary alicyclic amines) is 1. The minimum Gasteiger partial charge on any atom is -0.491 e. The maximum atomic E-state index is 12.6. The molecular formula is C33H36N4O3. The lowest BCUT2D eigenvalue weighted by atomic mass is 10.00. The standard InChI is InChI=1S/C33H36N4O3/c38-30(23-35-19-15-26-5-1-2-6-29(26)22-35)24-40-31-13-11-27(12-14-31)32-16-20-37(34-32)21-25-7-9-28(10-8-25)33(39)36-17-3-4-18-36/h1-2,5-14,16,20,30,38H,3-4,15,17-19,21-24H2.